The summed E-state index contributed by atoms with van der Waals surface area (Å²) in [6, 6.07) is 14.3. The minimum absolute atomic E-state index is 0.495. The third-order valence-corrected chi connectivity index (χ3v) is 5.35. The number of fused-ring (bicyclic) bond motifs is 1. The minimum atomic E-state index is 0.495. The fourth-order valence-corrected chi connectivity index (χ4v) is 4.01. The molecular weight excluding hydrogens is 296 g/mol. The standard InChI is InChI=1S/C22H26O2/c1-3-17-10-11-18-12-19(14-23)22(13-21(18)20(17)4-2)24-15-16-8-6-5-7-9-16/h5-9,12-14,17,20H,3-4,10-11,15H2,1-2H3. The molecule has 2 atom stereocenters. The molecular formula is C22H26O2. The highest BCUT2D eigenvalue weighted by Gasteiger charge is 2.28. The lowest BCUT2D eigenvalue weighted by atomic mass is 9.72. The van der Waals surface area contributed by atoms with Crippen molar-refractivity contribution in [3.63, 3.8) is 0 Å². The third-order valence-electron chi connectivity index (χ3n) is 5.35. The summed E-state index contributed by atoms with van der Waals surface area (Å²) in [4.78, 5) is 11.5. The summed E-state index contributed by atoms with van der Waals surface area (Å²) in [5.74, 6) is 2.05. The summed E-state index contributed by atoms with van der Waals surface area (Å²) in [6.45, 7) is 5.04. The van der Waals surface area contributed by atoms with E-state index in [4.69, 9.17) is 4.74 Å². The Hall–Kier alpha value is -2.09. The molecule has 2 nitrogen and oxygen atoms in total. The number of hydrogen-bond acceptors (Lipinski definition) is 2. The van der Waals surface area contributed by atoms with Crippen molar-refractivity contribution in [3.05, 3.63) is 64.7 Å². The van der Waals surface area contributed by atoms with Crippen molar-refractivity contribution in [1.29, 1.82) is 0 Å². The first kappa shape index (κ1) is 16.8. The molecule has 0 spiro atoms. The Balaban J connectivity index is 1.90. The Labute approximate surface area is 144 Å². The van der Waals surface area contributed by atoms with Gasteiger partial charge in [-0.25, -0.2) is 0 Å². The lowest BCUT2D eigenvalue weighted by Gasteiger charge is -2.33. The smallest absolute Gasteiger partial charge is 0.153 e. The largest absolute Gasteiger partial charge is 0.488 e. The van der Waals surface area contributed by atoms with Gasteiger partial charge in [0.25, 0.3) is 0 Å². The van der Waals surface area contributed by atoms with E-state index in [0.29, 0.717) is 18.1 Å². The van der Waals surface area contributed by atoms with Gasteiger partial charge in [0.2, 0.25) is 0 Å². The fourth-order valence-electron chi connectivity index (χ4n) is 4.01. The maximum atomic E-state index is 11.5. The molecule has 2 aromatic rings. The molecule has 0 amide bonds. The van der Waals surface area contributed by atoms with Crippen molar-refractivity contribution in [1.82, 2.24) is 0 Å². The van der Waals surface area contributed by atoms with E-state index in [2.05, 4.69) is 26.0 Å². The number of aldehydes is 1. The summed E-state index contributed by atoms with van der Waals surface area (Å²) >= 11 is 0. The number of carbonyl (C=O) groups is 1. The Kier molecular flexibility index (Phi) is 5.34. The van der Waals surface area contributed by atoms with E-state index in [-0.39, 0.29) is 0 Å². The molecule has 24 heavy (non-hydrogen) atoms. The molecule has 0 saturated heterocycles. The van der Waals surface area contributed by atoms with Gasteiger partial charge in [-0.3, -0.25) is 4.79 Å². The first-order valence-electron chi connectivity index (χ1n) is 9.05. The second-order valence-corrected chi connectivity index (χ2v) is 6.70. The van der Waals surface area contributed by atoms with Gasteiger partial charge >= 0.3 is 0 Å². The van der Waals surface area contributed by atoms with Crippen LogP contribution in [-0.2, 0) is 13.0 Å². The fraction of sp³-hybridized carbons (Fsp3) is 0.409. The number of aryl methyl sites for hydroxylation is 1. The molecule has 0 bridgehead atoms. The zero-order chi connectivity index (χ0) is 16.9. The zero-order valence-corrected chi connectivity index (χ0v) is 14.6. The van der Waals surface area contributed by atoms with Gasteiger partial charge in [0.05, 0.1) is 5.56 Å². The second kappa shape index (κ2) is 7.65. The molecule has 2 aromatic carbocycles. The molecule has 0 aliphatic heterocycles. The molecule has 0 saturated carbocycles. The van der Waals surface area contributed by atoms with Crippen molar-refractivity contribution >= 4 is 6.29 Å². The summed E-state index contributed by atoms with van der Waals surface area (Å²) in [5.41, 5.74) is 4.52. The lowest BCUT2D eigenvalue weighted by Crippen LogP contribution is -2.20. The highest BCUT2D eigenvalue weighted by Crippen LogP contribution is 2.42. The van der Waals surface area contributed by atoms with Crippen molar-refractivity contribution in [2.24, 2.45) is 5.92 Å². The Morgan fingerprint density at radius 3 is 2.58 bits per heavy atom. The average molecular weight is 322 g/mol. The van der Waals surface area contributed by atoms with E-state index in [0.717, 1.165) is 36.4 Å². The molecule has 0 fully saturated rings. The molecule has 2 unspecified atom stereocenters. The van der Waals surface area contributed by atoms with Crippen LogP contribution in [0.1, 0.15) is 66.1 Å². The molecule has 0 N–H and O–H groups in total. The summed E-state index contributed by atoms with van der Waals surface area (Å²) in [6.07, 6.45) is 5.58. The number of carbonyl (C=O) groups excluding carboxylic acids is 1. The maximum Gasteiger partial charge on any atom is 0.153 e. The van der Waals surface area contributed by atoms with E-state index in [9.17, 15) is 4.79 Å². The van der Waals surface area contributed by atoms with E-state index in [1.165, 1.54) is 24.0 Å². The maximum absolute atomic E-state index is 11.5. The third kappa shape index (κ3) is 3.38. The first-order valence-corrected chi connectivity index (χ1v) is 9.05. The van der Waals surface area contributed by atoms with Crippen LogP contribution in [0.25, 0.3) is 0 Å². The van der Waals surface area contributed by atoms with Gasteiger partial charge in [-0.05, 0) is 59.9 Å². The van der Waals surface area contributed by atoms with E-state index in [1.807, 2.05) is 30.3 Å². The van der Waals surface area contributed by atoms with Crippen LogP contribution in [0.15, 0.2) is 42.5 Å². The van der Waals surface area contributed by atoms with E-state index in [1.54, 1.807) is 0 Å². The lowest BCUT2D eigenvalue weighted by molar-refractivity contribution is 0.111. The predicted octanol–water partition coefficient (Wildman–Crippen LogP) is 5.54. The van der Waals surface area contributed by atoms with Gasteiger partial charge in [0.15, 0.2) is 6.29 Å². The van der Waals surface area contributed by atoms with Crippen LogP contribution in [0.2, 0.25) is 0 Å². The second-order valence-electron chi connectivity index (χ2n) is 6.70. The zero-order valence-electron chi connectivity index (χ0n) is 14.6. The van der Waals surface area contributed by atoms with Crippen LogP contribution in [-0.4, -0.2) is 6.29 Å². The molecule has 1 aliphatic carbocycles. The van der Waals surface area contributed by atoms with Gasteiger partial charge in [-0.2, -0.15) is 0 Å². The molecule has 2 heteroatoms. The van der Waals surface area contributed by atoms with Gasteiger partial charge in [0, 0.05) is 0 Å². The monoisotopic (exact) mass is 322 g/mol. The van der Waals surface area contributed by atoms with Crippen molar-refractivity contribution in [2.75, 3.05) is 0 Å². The SMILES string of the molecule is CCC1CCc2cc(C=O)c(OCc3ccccc3)cc2C1CC. The first-order chi connectivity index (χ1) is 11.8. The van der Waals surface area contributed by atoms with Gasteiger partial charge in [0.1, 0.15) is 12.4 Å². The summed E-state index contributed by atoms with van der Waals surface area (Å²) < 4.78 is 6.01. The summed E-state index contributed by atoms with van der Waals surface area (Å²) in [5, 5.41) is 0. The molecule has 0 heterocycles. The van der Waals surface area contributed by atoms with E-state index >= 15 is 0 Å². The highest BCUT2D eigenvalue weighted by atomic mass is 16.5. The van der Waals surface area contributed by atoms with Crippen LogP contribution < -0.4 is 4.74 Å². The number of benzene rings is 2. The van der Waals surface area contributed by atoms with Crippen molar-refractivity contribution in [3.8, 4) is 5.75 Å². The topological polar surface area (TPSA) is 26.3 Å². The van der Waals surface area contributed by atoms with Crippen molar-refractivity contribution < 1.29 is 9.53 Å². The quantitative estimate of drug-likeness (QED) is 0.652. The minimum Gasteiger partial charge on any atom is -0.488 e. The normalized spacial score (nSPS) is 19.6. The van der Waals surface area contributed by atoms with Crippen molar-refractivity contribution in [2.45, 2.75) is 52.1 Å². The van der Waals surface area contributed by atoms with Gasteiger partial charge in [-0.1, -0.05) is 50.6 Å². The number of rotatable bonds is 6. The van der Waals surface area contributed by atoms with E-state index < -0.39 is 0 Å². The van der Waals surface area contributed by atoms with Crippen LogP contribution in [0.5, 0.6) is 5.75 Å². The molecule has 3 rings (SSSR count). The predicted molar refractivity (Wildman–Crippen MR) is 97.7 cm³/mol. The Bertz CT molecular complexity index is 691. The molecule has 1 aliphatic rings. The molecule has 0 radical (unpaired) electrons. The Morgan fingerprint density at radius 1 is 1.12 bits per heavy atom. The van der Waals surface area contributed by atoms with Crippen LogP contribution in [0.3, 0.4) is 0 Å². The summed E-state index contributed by atoms with van der Waals surface area (Å²) in [7, 11) is 0. The van der Waals surface area contributed by atoms with Gasteiger partial charge < -0.3 is 4.74 Å². The Morgan fingerprint density at radius 2 is 1.92 bits per heavy atom. The molecule has 126 valence electrons. The van der Waals surface area contributed by atoms with Crippen LogP contribution >= 0.6 is 0 Å². The van der Waals surface area contributed by atoms with Crippen LogP contribution in [0.4, 0.5) is 0 Å². The van der Waals surface area contributed by atoms with Gasteiger partial charge in [-0.15, -0.1) is 0 Å². The number of ether oxygens (including phenoxy) is 1. The number of hydrogen-bond donors (Lipinski definition) is 0. The molecule has 0 aromatic heterocycles. The highest BCUT2D eigenvalue weighted by molar-refractivity contribution is 5.80. The average Bonchev–Trinajstić information content (AvgIpc) is 2.65. The van der Waals surface area contributed by atoms with Crippen LogP contribution in [0, 0.1) is 5.92 Å².